The van der Waals surface area contributed by atoms with Crippen LogP contribution in [-0.4, -0.2) is 30.9 Å². The lowest BCUT2D eigenvalue weighted by Gasteiger charge is -2.14. The number of amides is 1. The van der Waals surface area contributed by atoms with E-state index in [0.29, 0.717) is 5.82 Å². The number of aromatic nitrogens is 5. The Morgan fingerprint density at radius 1 is 1.41 bits per heavy atom. The number of rotatable bonds is 6. The molecule has 22 heavy (non-hydrogen) atoms. The molecule has 0 fully saturated rings. The second kappa shape index (κ2) is 6.83. The standard InChI is InChI=1S/C13H18N6O3/c1-3-4-19-7-14-17-12(19)8(2)15-10(20)5-9-6-11(21)16-18-13(9)22/h6-8H,3-5H2,1-2H3,(H,15,20)(H,16,21)(H,18,22)/t8-/m1/s1. The van der Waals surface area contributed by atoms with Crippen molar-refractivity contribution in [1.29, 1.82) is 0 Å². The zero-order valence-electron chi connectivity index (χ0n) is 12.4. The molecule has 0 spiro atoms. The molecule has 2 aromatic rings. The minimum atomic E-state index is -0.489. The molecule has 3 N–H and O–H groups in total. The topological polar surface area (TPSA) is 126 Å². The van der Waals surface area contributed by atoms with E-state index in [-0.39, 0.29) is 23.9 Å². The van der Waals surface area contributed by atoms with Crippen molar-refractivity contribution in [2.75, 3.05) is 0 Å². The largest absolute Gasteiger partial charge is 0.346 e. The summed E-state index contributed by atoms with van der Waals surface area (Å²) in [6.07, 6.45) is 2.36. The SMILES string of the molecule is CCCn1cnnc1[C@@H](C)NC(=O)Cc1cc(=O)[nH][nH]c1=O. The summed E-state index contributed by atoms with van der Waals surface area (Å²) < 4.78 is 1.87. The highest BCUT2D eigenvalue weighted by Gasteiger charge is 2.16. The lowest BCUT2D eigenvalue weighted by Crippen LogP contribution is -2.32. The first-order valence-corrected chi connectivity index (χ1v) is 6.99. The molecule has 0 saturated carbocycles. The van der Waals surface area contributed by atoms with Crippen LogP contribution in [0.3, 0.4) is 0 Å². The first kappa shape index (κ1) is 15.7. The molecule has 0 unspecified atom stereocenters. The predicted molar refractivity (Wildman–Crippen MR) is 78.3 cm³/mol. The van der Waals surface area contributed by atoms with Crippen LogP contribution in [0.4, 0.5) is 0 Å². The molecule has 2 rings (SSSR count). The molecule has 0 aliphatic heterocycles. The molecule has 118 valence electrons. The summed E-state index contributed by atoms with van der Waals surface area (Å²) >= 11 is 0. The van der Waals surface area contributed by atoms with E-state index < -0.39 is 11.1 Å². The van der Waals surface area contributed by atoms with Gasteiger partial charge in [0.05, 0.1) is 12.5 Å². The highest BCUT2D eigenvalue weighted by molar-refractivity contribution is 5.78. The van der Waals surface area contributed by atoms with E-state index in [1.165, 1.54) is 0 Å². The number of H-pyrrole nitrogens is 2. The van der Waals surface area contributed by atoms with E-state index in [1.807, 2.05) is 11.5 Å². The van der Waals surface area contributed by atoms with Crippen LogP contribution in [0.15, 0.2) is 22.0 Å². The minimum absolute atomic E-state index is 0.114. The summed E-state index contributed by atoms with van der Waals surface area (Å²) in [6, 6.07) is 0.769. The molecule has 9 nitrogen and oxygen atoms in total. The minimum Gasteiger partial charge on any atom is -0.346 e. The Morgan fingerprint density at radius 2 is 2.18 bits per heavy atom. The Hall–Kier alpha value is -2.71. The van der Waals surface area contributed by atoms with Gasteiger partial charge in [-0.05, 0) is 13.3 Å². The van der Waals surface area contributed by atoms with E-state index >= 15 is 0 Å². The van der Waals surface area contributed by atoms with Gasteiger partial charge < -0.3 is 9.88 Å². The van der Waals surface area contributed by atoms with Crippen LogP contribution in [0.2, 0.25) is 0 Å². The first-order valence-electron chi connectivity index (χ1n) is 6.99. The van der Waals surface area contributed by atoms with Crippen molar-refractivity contribution < 1.29 is 4.79 Å². The van der Waals surface area contributed by atoms with Gasteiger partial charge in [0.15, 0.2) is 5.82 Å². The molecule has 0 aromatic carbocycles. The summed E-state index contributed by atoms with van der Waals surface area (Å²) in [5.74, 6) is 0.282. The lowest BCUT2D eigenvalue weighted by molar-refractivity contribution is -0.121. The van der Waals surface area contributed by atoms with E-state index in [4.69, 9.17) is 0 Å². The molecule has 1 atom stereocenters. The van der Waals surface area contributed by atoms with Crippen LogP contribution in [0.25, 0.3) is 0 Å². The molecule has 0 aliphatic carbocycles. The summed E-state index contributed by atoms with van der Waals surface area (Å²) in [5.41, 5.74) is -0.835. The van der Waals surface area contributed by atoms with Gasteiger partial charge in [-0.25, -0.2) is 0 Å². The Labute approximate surface area is 125 Å². The van der Waals surface area contributed by atoms with E-state index in [0.717, 1.165) is 19.0 Å². The molecular weight excluding hydrogens is 288 g/mol. The molecule has 0 aliphatic rings. The summed E-state index contributed by atoms with van der Waals surface area (Å²) in [7, 11) is 0. The fourth-order valence-electron chi connectivity index (χ4n) is 2.13. The van der Waals surface area contributed by atoms with Crippen molar-refractivity contribution >= 4 is 5.91 Å². The molecule has 1 amide bonds. The third-order valence-electron chi connectivity index (χ3n) is 3.12. The molecule has 2 heterocycles. The van der Waals surface area contributed by atoms with Crippen LogP contribution in [0.1, 0.15) is 37.7 Å². The average molecular weight is 306 g/mol. The van der Waals surface area contributed by atoms with Gasteiger partial charge in [-0.2, -0.15) is 0 Å². The number of aromatic amines is 2. The average Bonchev–Trinajstić information content (AvgIpc) is 2.91. The van der Waals surface area contributed by atoms with Crippen molar-refractivity contribution in [2.45, 2.75) is 39.3 Å². The Bertz CT molecular complexity index is 759. The number of hydrogen-bond acceptors (Lipinski definition) is 5. The number of hydrogen-bond donors (Lipinski definition) is 3. The number of carbonyl (C=O) groups is 1. The van der Waals surface area contributed by atoms with Gasteiger partial charge in [0, 0.05) is 18.2 Å². The number of nitrogens with one attached hydrogen (secondary N) is 3. The number of aryl methyl sites for hydroxylation is 1. The van der Waals surface area contributed by atoms with Gasteiger partial charge in [0.25, 0.3) is 11.1 Å². The fraction of sp³-hybridized carbons (Fsp3) is 0.462. The molecule has 2 aromatic heterocycles. The fourth-order valence-corrected chi connectivity index (χ4v) is 2.13. The van der Waals surface area contributed by atoms with Crippen molar-refractivity contribution in [1.82, 2.24) is 30.3 Å². The smallest absolute Gasteiger partial charge is 0.266 e. The van der Waals surface area contributed by atoms with Crippen LogP contribution >= 0.6 is 0 Å². The van der Waals surface area contributed by atoms with Gasteiger partial charge in [-0.1, -0.05) is 6.92 Å². The molecule has 0 bridgehead atoms. The van der Waals surface area contributed by atoms with E-state index in [2.05, 4.69) is 25.7 Å². The third kappa shape index (κ3) is 3.68. The van der Waals surface area contributed by atoms with Crippen LogP contribution in [-0.2, 0) is 17.8 Å². The van der Waals surface area contributed by atoms with Crippen molar-refractivity contribution in [2.24, 2.45) is 0 Å². The van der Waals surface area contributed by atoms with Crippen LogP contribution in [0, 0.1) is 0 Å². The molecular formula is C13H18N6O3. The second-order valence-electron chi connectivity index (χ2n) is 4.96. The second-order valence-corrected chi connectivity index (χ2v) is 4.96. The summed E-state index contributed by atoms with van der Waals surface area (Å²) in [4.78, 5) is 34.7. The maximum Gasteiger partial charge on any atom is 0.266 e. The number of carbonyl (C=O) groups excluding carboxylic acids is 1. The van der Waals surface area contributed by atoms with Gasteiger partial charge in [-0.3, -0.25) is 24.6 Å². The highest BCUT2D eigenvalue weighted by atomic mass is 16.2. The number of nitrogens with zero attached hydrogens (tertiary/aromatic N) is 3. The Kier molecular flexibility index (Phi) is 4.87. The molecule has 9 heteroatoms. The quantitative estimate of drug-likeness (QED) is 0.662. The first-order chi connectivity index (χ1) is 10.5. The van der Waals surface area contributed by atoms with Crippen molar-refractivity contribution in [3.63, 3.8) is 0 Å². The monoisotopic (exact) mass is 306 g/mol. The van der Waals surface area contributed by atoms with Gasteiger partial charge in [0.2, 0.25) is 5.91 Å². The maximum absolute atomic E-state index is 12.0. The van der Waals surface area contributed by atoms with E-state index in [9.17, 15) is 14.4 Å². The Morgan fingerprint density at radius 3 is 2.91 bits per heavy atom. The Balaban J connectivity index is 2.05. The van der Waals surface area contributed by atoms with Gasteiger partial charge in [0.1, 0.15) is 6.33 Å². The normalized spacial score (nSPS) is 12.1. The van der Waals surface area contributed by atoms with Crippen LogP contribution in [0.5, 0.6) is 0 Å². The third-order valence-corrected chi connectivity index (χ3v) is 3.12. The van der Waals surface area contributed by atoms with E-state index in [1.54, 1.807) is 13.3 Å². The van der Waals surface area contributed by atoms with Crippen LogP contribution < -0.4 is 16.4 Å². The van der Waals surface area contributed by atoms with Crippen molar-refractivity contribution in [3.8, 4) is 0 Å². The summed E-state index contributed by atoms with van der Waals surface area (Å²) in [5, 5.41) is 14.9. The zero-order valence-corrected chi connectivity index (χ0v) is 12.4. The predicted octanol–water partition coefficient (Wildman–Crippen LogP) is -0.515. The summed E-state index contributed by atoms with van der Waals surface area (Å²) in [6.45, 7) is 4.58. The van der Waals surface area contributed by atoms with Gasteiger partial charge >= 0.3 is 0 Å². The molecule has 0 radical (unpaired) electrons. The zero-order chi connectivity index (χ0) is 16.1. The molecule has 0 saturated heterocycles. The maximum atomic E-state index is 12.0. The van der Waals surface area contributed by atoms with Crippen molar-refractivity contribution in [3.05, 3.63) is 44.5 Å². The van der Waals surface area contributed by atoms with Gasteiger partial charge in [-0.15, -0.1) is 10.2 Å². The lowest BCUT2D eigenvalue weighted by atomic mass is 10.2. The highest BCUT2D eigenvalue weighted by Crippen LogP contribution is 2.09.